The molecule has 1 heterocycles. The lowest BCUT2D eigenvalue weighted by Crippen LogP contribution is -2.04. The summed E-state index contributed by atoms with van der Waals surface area (Å²) in [6, 6.07) is 0.564. The largest absolute Gasteiger partial charge is 0.463 e. The first-order valence-corrected chi connectivity index (χ1v) is 3.64. The molecule has 0 unspecified atom stereocenters. The lowest BCUT2D eigenvalue weighted by molar-refractivity contribution is -0.391. The van der Waals surface area contributed by atoms with Crippen molar-refractivity contribution in [2.45, 2.75) is 6.43 Å². The van der Waals surface area contributed by atoms with Gasteiger partial charge in [0.05, 0.1) is 13.2 Å². The summed E-state index contributed by atoms with van der Waals surface area (Å²) in [6.45, 7) is 0. The summed E-state index contributed by atoms with van der Waals surface area (Å²) in [5, 5.41) is 10.3. The van der Waals surface area contributed by atoms with Crippen molar-refractivity contribution in [1.82, 2.24) is 4.98 Å². The summed E-state index contributed by atoms with van der Waals surface area (Å²) < 4.78 is 41.9. The average molecular weight is 222 g/mol. The number of nitrogens with zero attached hydrogens (tertiary/aromatic N) is 2. The molecule has 1 rings (SSSR count). The van der Waals surface area contributed by atoms with Crippen LogP contribution in [0.4, 0.5) is 19.0 Å². The number of methoxy groups -OCH3 is 1. The maximum absolute atomic E-state index is 13.0. The second kappa shape index (κ2) is 4.11. The molecule has 5 nitrogen and oxygen atoms in total. The van der Waals surface area contributed by atoms with E-state index in [1.807, 2.05) is 0 Å². The maximum atomic E-state index is 13.0. The monoisotopic (exact) mass is 222 g/mol. The second-order valence-corrected chi connectivity index (χ2v) is 2.44. The summed E-state index contributed by atoms with van der Waals surface area (Å²) in [7, 11) is 1.09. The molecule has 0 saturated carbocycles. The molecule has 0 saturated heterocycles. The van der Waals surface area contributed by atoms with E-state index in [1.54, 1.807) is 0 Å². The molecule has 0 N–H and O–H groups in total. The van der Waals surface area contributed by atoms with Crippen LogP contribution in [-0.2, 0) is 0 Å². The minimum Gasteiger partial charge on any atom is -0.463 e. The van der Waals surface area contributed by atoms with E-state index in [9.17, 15) is 23.3 Å². The number of hydrogen-bond donors (Lipinski definition) is 0. The molecule has 82 valence electrons. The zero-order valence-electron chi connectivity index (χ0n) is 7.41. The molecule has 0 aliphatic heterocycles. The lowest BCUT2D eigenvalue weighted by atomic mass is 10.2. The highest BCUT2D eigenvalue weighted by Crippen LogP contribution is 2.31. The molecule has 15 heavy (non-hydrogen) atoms. The highest BCUT2D eigenvalue weighted by atomic mass is 19.3. The fourth-order valence-corrected chi connectivity index (χ4v) is 0.935. The van der Waals surface area contributed by atoms with Crippen LogP contribution < -0.4 is 4.74 Å². The first kappa shape index (κ1) is 11.2. The van der Waals surface area contributed by atoms with E-state index in [2.05, 4.69) is 9.72 Å². The van der Waals surface area contributed by atoms with Crippen LogP contribution in [0.15, 0.2) is 6.07 Å². The van der Waals surface area contributed by atoms with Crippen molar-refractivity contribution in [3.8, 4) is 5.88 Å². The molecule has 8 heteroatoms. The summed E-state index contributed by atoms with van der Waals surface area (Å²) in [6.07, 6.45) is -3.30. The zero-order valence-corrected chi connectivity index (χ0v) is 7.41. The van der Waals surface area contributed by atoms with Gasteiger partial charge in [-0.05, 0) is 4.92 Å². The van der Waals surface area contributed by atoms with Gasteiger partial charge in [-0.2, -0.15) is 0 Å². The molecule has 0 aliphatic carbocycles. The highest BCUT2D eigenvalue weighted by molar-refractivity contribution is 5.38. The molecule has 0 aromatic carbocycles. The van der Waals surface area contributed by atoms with Gasteiger partial charge in [0.15, 0.2) is 5.56 Å². The van der Waals surface area contributed by atoms with Crippen LogP contribution in [0, 0.1) is 15.9 Å². The van der Waals surface area contributed by atoms with Gasteiger partial charge in [0.1, 0.15) is 5.82 Å². The Hall–Kier alpha value is -1.86. The van der Waals surface area contributed by atoms with Crippen LogP contribution in [0.25, 0.3) is 0 Å². The van der Waals surface area contributed by atoms with Gasteiger partial charge in [0.2, 0.25) is 0 Å². The minimum absolute atomic E-state index is 0.427. The van der Waals surface area contributed by atoms with E-state index < -0.39 is 34.4 Å². The van der Waals surface area contributed by atoms with Gasteiger partial charge in [-0.25, -0.2) is 13.2 Å². The van der Waals surface area contributed by atoms with E-state index >= 15 is 0 Å². The predicted molar refractivity (Wildman–Crippen MR) is 42.4 cm³/mol. The summed E-state index contributed by atoms with van der Waals surface area (Å²) in [4.78, 5) is 12.3. The molecule has 0 amide bonds. The van der Waals surface area contributed by atoms with E-state index in [4.69, 9.17) is 0 Å². The van der Waals surface area contributed by atoms with E-state index in [0.29, 0.717) is 6.07 Å². The third kappa shape index (κ3) is 2.14. The third-order valence-corrected chi connectivity index (χ3v) is 1.56. The van der Waals surface area contributed by atoms with Crippen LogP contribution in [0.1, 0.15) is 12.0 Å². The van der Waals surface area contributed by atoms with Gasteiger partial charge in [0.25, 0.3) is 6.43 Å². The van der Waals surface area contributed by atoms with Crippen LogP contribution in [0.3, 0.4) is 0 Å². The summed E-state index contributed by atoms with van der Waals surface area (Å²) in [5.41, 5.74) is -1.33. The van der Waals surface area contributed by atoms with Crippen molar-refractivity contribution in [3.63, 3.8) is 0 Å². The Kier molecular flexibility index (Phi) is 3.08. The van der Waals surface area contributed by atoms with Crippen molar-refractivity contribution >= 4 is 5.82 Å². The van der Waals surface area contributed by atoms with Gasteiger partial charge in [-0.1, -0.05) is 0 Å². The van der Waals surface area contributed by atoms with E-state index in [1.165, 1.54) is 0 Å². The number of ether oxygens (including phenoxy) is 1. The van der Waals surface area contributed by atoms with Crippen LogP contribution in [-0.4, -0.2) is 17.0 Å². The molecule has 0 bridgehead atoms. The Balaban J connectivity index is 3.42. The number of rotatable bonds is 3. The number of aromatic nitrogens is 1. The Morgan fingerprint density at radius 3 is 2.60 bits per heavy atom. The van der Waals surface area contributed by atoms with Gasteiger partial charge in [-0.3, -0.25) is 0 Å². The zero-order chi connectivity index (χ0) is 11.6. The quantitative estimate of drug-likeness (QED) is 0.580. The van der Waals surface area contributed by atoms with Crippen LogP contribution >= 0.6 is 0 Å². The maximum Gasteiger partial charge on any atom is 0.379 e. The summed E-state index contributed by atoms with van der Waals surface area (Å²) in [5.74, 6) is -3.08. The van der Waals surface area contributed by atoms with Gasteiger partial charge in [-0.15, -0.1) is 0 Å². The van der Waals surface area contributed by atoms with Crippen molar-refractivity contribution in [2.75, 3.05) is 7.11 Å². The Morgan fingerprint density at radius 2 is 2.20 bits per heavy atom. The Morgan fingerprint density at radius 1 is 1.60 bits per heavy atom. The van der Waals surface area contributed by atoms with E-state index in [0.717, 1.165) is 7.11 Å². The molecule has 0 atom stereocenters. The fourth-order valence-electron chi connectivity index (χ4n) is 0.935. The van der Waals surface area contributed by atoms with Crippen molar-refractivity contribution in [1.29, 1.82) is 0 Å². The predicted octanol–water partition coefficient (Wildman–Crippen LogP) is 2.08. The van der Waals surface area contributed by atoms with Crippen molar-refractivity contribution in [2.24, 2.45) is 0 Å². The molecule has 0 aliphatic rings. The molecular formula is C7H5F3N2O3. The number of halogens is 3. The fraction of sp³-hybridized carbons (Fsp3) is 0.286. The van der Waals surface area contributed by atoms with Gasteiger partial charge >= 0.3 is 11.7 Å². The van der Waals surface area contributed by atoms with E-state index in [-0.39, 0.29) is 0 Å². The number of pyridine rings is 1. The van der Waals surface area contributed by atoms with Crippen molar-refractivity contribution < 1.29 is 22.8 Å². The summed E-state index contributed by atoms with van der Waals surface area (Å²) >= 11 is 0. The molecule has 0 spiro atoms. The minimum atomic E-state index is -3.30. The topological polar surface area (TPSA) is 65.3 Å². The first-order valence-electron chi connectivity index (χ1n) is 3.64. The Bertz CT molecular complexity index is 397. The molecule has 1 aromatic heterocycles. The third-order valence-electron chi connectivity index (χ3n) is 1.56. The molecule has 1 aromatic rings. The van der Waals surface area contributed by atoms with Crippen molar-refractivity contribution in [3.05, 3.63) is 27.6 Å². The highest BCUT2D eigenvalue weighted by Gasteiger charge is 2.29. The molecule has 0 fully saturated rings. The number of nitro groups is 1. The normalized spacial score (nSPS) is 10.5. The number of hydrogen-bond acceptors (Lipinski definition) is 4. The first-order chi connectivity index (χ1) is 6.97. The Labute approximate surface area is 81.6 Å². The SMILES string of the molecule is COc1cc(F)c(C(F)F)c([N+](=O)[O-])n1. The smallest absolute Gasteiger partial charge is 0.379 e. The average Bonchev–Trinajstić information content (AvgIpc) is 2.15. The van der Waals surface area contributed by atoms with Crippen LogP contribution in [0.5, 0.6) is 5.88 Å². The second-order valence-electron chi connectivity index (χ2n) is 2.44. The number of alkyl halides is 2. The van der Waals surface area contributed by atoms with Gasteiger partial charge < -0.3 is 14.9 Å². The molecular weight excluding hydrogens is 217 g/mol. The standard InChI is InChI=1S/C7H5F3N2O3/c1-15-4-2-3(8)5(6(9)10)7(11-4)12(13)14/h2,6H,1H3. The van der Waals surface area contributed by atoms with Crippen LogP contribution in [0.2, 0.25) is 0 Å². The molecule has 0 radical (unpaired) electrons. The lowest BCUT2D eigenvalue weighted by Gasteiger charge is -2.03. The van der Waals surface area contributed by atoms with Gasteiger partial charge in [0, 0.05) is 4.98 Å².